The topological polar surface area (TPSA) is 43.1 Å². The first kappa shape index (κ1) is 8.53. The number of anilines is 1. The number of nitrogens with two attached hydrogens (primary N) is 1. The number of fused-ring (bicyclic) bond motifs is 1. The summed E-state index contributed by atoms with van der Waals surface area (Å²) in [4.78, 5) is 11.5. The molecular weight excluding hydrogens is 206 g/mol. The third kappa shape index (κ3) is 1.41. The molecular formula is C9H6ClNOS. The van der Waals surface area contributed by atoms with Crippen LogP contribution in [0.5, 0.6) is 0 Å². The molecule has 4 heteroatoms. The van der Waals surface area contributed by atoms with Crippen LogP contribution in [0.4, 0.5) is 5.69 Å². The number of benzene rings is 1. The van der Waals surface area contributed by atoms with Crippen LogP contribution >= 0.6 is 22.9 Å². The highest BCUT2D eigenvalue weighted by molar-refractivity contribution is 7.16. The predicted octanol–water partition coefficient (Wildman–Crippen LogP) is 2.50. The second-order valence-corrected chi connectivity index (χ2v) is 4.01. The molecule has 66 valence electrons. The normalized spacial score (nSPS) is 10.5. The molecule has 2 nitrogen and oxygen atoms in total. The Morgan fingerprint density at radius 2 is 2.15 bits per heavy atom. The van der Waals surface area contributed by atoms with Crippen molar-refractivity contribution in [1.82, 2.24) is 0 Å². The molecule has 0 spiro atoms. The Labute approximate surface area is 83.6 Å². The first-order valence-corrected chi connectivity index (χ1v) is 4.91. The van der Waals surface area contributed by atoms with E-state index in [1.54, 1.807) is 17.5 Å². The molecule has 0 unspecified atom stereocenters. The summed E-state index contributed by atoms with van der Waals surface area (Å²) in [6.07, 6.45) is 0. The maximum absolute atomic E-state index is 11.5. The maximum Gasteiger partial charge on any atom is 0.210 e. The highest BCUT2D eigenvalue weighted by atomic mass is 35.5. The fraction of sp³-hybridized carbons (Fsp3) is 0. The van der Waals surface area contributed by atoms with E-state index in [0.717, 1.165) is 4.70 Å². The zero-order chi connectivity index (χ0) is 9.42. The van der Waals surface area contributed by atoms with Crippen molar-refractivity contribution in [1.29, 1.82) is 0 Å². The molecule has 2 aromatic rings. The minimum Gasteiger partial charge on any atom is -0.395 e. The van der Waals surface area contributed by atoms with E-state index in [9.17, 15) is 4.79 Å². The van der Waals surface area contributed by atoms with Gasteiger partial charge in [-0.3, -0.25) is 4.79 Å². The molecule has 0 aliphatic rings. The molecule has 0 aliphatic carbocycles. The second-order valence-electron chi connectivity index (χ2n) is 2.66. The summed E-state index contributed by atoms with van der Waals surface area (Å²) in [6, 6.07) is 5.23. The number of rotatable bonds is 0. The Bertz CT molecular complexity index is 515. The van der Waals surface area contributed by atoms with E-state index in [1.165, 1.54) is 11.3 Å². The smallest absolute Gasteiger partial charge is 0.210 e. The molecule has 1 heterocycles. The number of hydrogen-bond donors (Lipinski definition) is 1. The summed E-state index contributed by atoms with van der Waals surface area (Å²) in [5.41, 5.74) is 5.63. The Hall–Kier alpha value is -1.06. The van der Waals surface area contributed by atoms with Crippen molar-refractivity contribution in [2.24, 2.45) is 0 Å². The molecule has 1 aromatic carbocycles. The fourth-order valence-electron chi connectivity index (χ4n) is 1.12. The van der Waals surface area contributed by atoms with Crippen LogP contribution in [-0.2, 0) is 0 Å². The Morgan fingerprint density at radius 1 is 1.38 bits per heavy atom. The van der Waals surface area contributed by atoms with Crippen molar-refractivity contribution < 1.29 is 0 Å². The van der Waals surface area contributed by atoms with Gasteiger partial charge < -0.3 is 5.73 Å². The van der Waals surface area contributed by atoms with Gasteiger partial charge in [0.05, 0.1) is 5.69 Å². The lowest BCUT2D eigenvalue weighted by molar-refractivity contribution is 1.69. The molecule has 0 bridgehead atoms. The van der Waals surface area contributed by atoms with Crippen molar-refractivity contribution in [2.45, 2.75) is 0 Å². The van der Waals surface area contributed by atoms with Gasteiger partial charge in [-0.2, -0.15) is 0 Å². The highest BCUT2D eigenvalue weighted by Crippen LogP contribution is 2.21. The van der Waals surface area contributed by atoms with Crippen molar-refractivity contribution in [3.05, 3.63) is 38.8 Å². The van der Waals surface area contributed by atoms with Gasteiger partial charge in [0, 0.05) is 20.5 Å². The fourth-order valence-corrected chi connectivity index (χ4v) is 2.08. The van der Waals surface area contributed by atoms with Gasteiger partial charge in [0.1, 0.15) is 0 Å². The second kappa shape index (κ2) is 3.01. The molecule has 2 rings (SSSR count). The molecule has 0 fully saturated rings. The lowest BCUT2D eigenvalue weighted by Crippen LogP contribution is -2.06. The summed E-state index contributed by atoms with van der Waals surface area (Å²) >= 11 is 7.21. The highest BCUT2D eigenvalue weighted by Gasteiger charge is 2.02. The zero-order valence-electron chi connectivity index (χ0n) is 6.58. The molecule has 0 aliphatic heterocycles. The van der Waals surface area contributed by atoms with Crippen LogP contribution in [0.1, 0.15) is 0 Å². The van der Waals surface area contributed by atoms with Crippen LogP contribution < -0.4 is 11.2 Å². The van der Waals surface area contributed by atoms with Gasteiger partial charge >= 0.3 is 0 Å². The number of halogens is 1. The Balaban J connectivity index is 2.97. The van der Waals surface area contributed by atoms with Gasteiger partial charge in [-0.25, -0.2) is 0 Å². The third-order valence-electron chi connectivity index (χ3n) is 1.76. The van der Waals surface area contributed by atoms with Crippen molar-refractivity contribution in [3.8, 4) is 0 Å². The van der Waals surface area contributed by atoms with Crippen LogP contribution in [0.25, 0.3) is 10.1 Å². The van der Waals surface area contributed by atoms with E-state index in [2.05, 4.69) is 0 Å². The standard InChI is InChI=1S/C9H6ClNOS/c10-5-1-2-8-6(3-5)9(12)7(11)4-13-8/h1-4H,11H2. The summed E-state index contributed by atoms with van der Waals surface area (Å²) in [5, 5.41) is 2.80. The maximum atomic E-state index is 11.5. The van der Waals surface area contributed by atoms with E-state index in [0.29, 0.717) is 10.4 Å². The van der Waals surface area contributed by atoms with Gasteiger partial charge in [-0.15, -0.1) is 11.3 Å². The monoisotopic (exact) mass is 211 g/mol. The molecule has 0 atom stereocenters. The lowest BCUT2D eigenvalue weighted by atomic mass is 10.2. The number of nitrogen functional groups attached to an aromatic ring is 1. The van der Waals surface area contributed by atoms with E-state index in [1.807, 2.05) is 6.07 Å². The van der Waals surface area contributed by atoms with E-state index in [4.69, 9.17) is 17.3 Å². The minimum atomic E-state index is -0.142. The van der Waals surface area contributed by atoms with E-state index >= 15 is 0 Å². The molecule has 0 amide bonds. The first-order chi connectivity index (χ1) is 6.18. The average Bonchev–Trinajstić information content (AvgIpc) is 2.12. The third-order valence-corrected chi connectivity index (χ3v) is 2.98. The van der Waals surface area contributed by atoms with Gasteiger partial charge in [-0.05, 0) is 18.2 Å². The predicted molar refractivity (Wildman–Crippen MR) is 57.5 cm³/mol. The van der Waals surface area contributed by atoms with Gasteiger partial charge in [0.15, 0.2) is 0 Å². The van der Waals surface area contributed by atoms with Crippen LogP contribution in [0, 0.1) is 0 Å². The van der Waals surface area contributed by atoms with E-state index < -0.39 is 0 Å². The SMILES string of the molecule is Nc1csc2ccc(Cl)cc2c1=O. The van der Waals surface area contributed by atoms with Crippen molar-refractivity contribution >= 4 is 38.7 Å². The summed E-state index contributed by atoms with van der Waals surface area (Å²) in [7, 11) is 0. The summed E-state index contributed by atoms with van der Waals surface area (Å²) < 4.78 is 0.906. The molecule has 0 radical (unpaired) electrons. The van der Waals surface area contributed by atoms with Crippen LogP contribution in [0.3, 0.4) is 0 Å². The first-order valence-electron chi connectivity index (χ1n) is 3.65. The number of hydrogen-bond acceptors (Lipinski definition) is 3. The quantitative estimate of drug-likeness (QED) is 0.728. The van der Waals surface area contributed by atoms with Crippen molar-refractivity contribution in [2.75, 3.05) is 5.73 Å². The van der Waals surface area contributed by atoms with Gasteiger partial charge in [0.25, 0.3) is 0 Å². The summed E-state index contributed by atoms with van der Waals surface area (Å²) in [6.45, 7) is 0. The molecule has 13 heavy (non-hydrogen) atoms. The van der Waals surface area contributed by atoms with Crippen LogP contribution in [-0.4, -0.2) is 0 Å². The minimum absolute atomic E-state index is 0.142. The summed E-state index contributed by atoms with van der Waals surface area (Å²) in [5.74, 6) is 0. The lowest BCUT2D eigenvalue weighted by Gasteiger charge is -1.97. The Morgan fingerprint density at radius 3 is 2.92 bits per heavy atom. The largest absolute Gasteiger partial charge is 0.395 e. The van der Waals surface area contributed by atoms with Crippen LogP contribution in [0.15, 0.2) is 28.4 Å². The van der Waals surface area contributed by atoms with Crippen molar-refractivity contribution in [3.63, 3.8) is 0 Å². The average molecular weight is 212 g/mol. The van der Waals surface area contributed by atoms with Crippen LogP contribution in [0.2, 0.25) is 5.02 Å². The van der Waals surface area contributed by atoms with Gasteiger partial charge in [-0.1, -0.05) is 11.6 Å². The molecule has 0 saturated carbocycles. The molecule has 0 saturated heterocycles. The molecule has 1 aromatic heterocycles. The van der Waals surface area contributed by atoms with E-state index in [-0.39, 0.29) is 11.1 Å². The molecule has 2 N–H and O–H groups in total. The zero-order valence-corrected chi connectivity index (χ0v) is 8.15. The van der Waals surface area contributed by atoms with Gasteiger partial charge in [0.2, 0.25) is 5.43 Å². The Kier molecular flexibility index (Phi) is 1.98.